The first-order valence-corrected chi connectivity index (χ1v) is 7.66. The molecule has 3 N–H and O–H groups in total. The molecule has 1 aromatic carbocycles. The van der Waals surface area contributed by atoms with Gasteiger partial charge in [0.15, 0.2) is 5.69 Å². The number of nitrogens with zero attached hydrogens (tertiary/aromatic N) is 3. The van der Waals surface area contributed by atoms with Crippen molar-refractivity contribution in [1.29, 1.82) is 0 Å². The van der Waals surface area contributed by atoms with Crippen molar-refractivity contribution in [2.75, 3.05) is 6.54 Å². The Morgan fingerprint density at radius 2 is 2.26 bits per heavy atom. The van der Waals surface area contributed by atoms with Gasteiger partial charge in [-0.25, -0.2) is 4.68 Å². The Bertz CT molecular complexity index is 699. The van der Waals surface area contributed by atoms with E-state index in [0.717, 1.165) is 18.5 Å². The molecule has 0 aliphatic heterocycles. The zero-order valence-corrected chi connectivity index (χ0v) is 14.3. The average molecular weight is 356 g/mol. The fourth-order valence-corrected chi connectivity index (χ4v) is 2.56. The number of hydrogen-bond donors (Lipinski definition) is 2. The summed E-state index contributed by atoms with van der Waals surface area (Å²) in [5.41, 5.74) is 7.73. The highest BCUT2D eigenvalue weighted by Crippen LogP contribution is 2.31. The molecule has 1 aliphatic rings. The maximum absolute atomic E-state index is 12.2. The molecule has 0 bridgehead atoms. The molecule has 6 nitrogen and oxygen atoms in total. The molecular formula is C15H19Cl2N5O. The third kappa shape index (κ3) is 4.02. The first-order chi connectivity index (χ1) is 10.6. The number of carbonyl (C=O) groups excluding carboxylic acids is 1. The lowest BCUT2D eigenvalue weighted by Gasteiger charge is -2.10. The van der Waals surface area contributed by atoms with Gasteiger partial charge in [-0.1, -0.05) is 22.9 Å². The second-order valence-electron chi connectivity index (χ2n) is 5.63. The maximum atomic E-state index is 12.2. The second kappa shape index (κ2) is 7.29. The topological polar surface area (TPSA) is 85.8 Å². The van der Waals surface area contributed by atoms with E-state index in [2.05, 4.69) is 15.6 Å². The van der Waals surface area contributed by atoms with Crippen molar-refractivity contribution in [3.8, 4) is 5.69 Å². The Kier molecular flexibility index (Phi) is 5.62. The van der Waals surface area contributed by atoms with Crippen molar-refractivity contribution in [3.05, 3.63) is 40.7 Å². The molecule has 1 fully saturated rings. The van der Waals surface area contributed by atoms with E-state index in [-0.39, 0.29) is 24.4 Å². The summed E-state index contributed by atoms with van der Waals surface area (Å²) < 4.78 is 1.60. The van der Waals surface area contributed by atoms with Gasteiger partial charge in [0.05, 0.1) is 11.4 Å². The second-order valence-corrected chi connectivity index (χ2v) is 6.06. The minimum absolute atomic E-state index is 0. The predicted octanol–water partition coefficient (Wildman–Crippen LogP) is 2.12. The molecule has 0 spiro atoms. The van der Waals surface area contributed by atoms with Crippen LogP contribution in [0.4, 0.5) is 0 Å². The molecular weight excluding hydrogens is 337 g/mol. The van der Waals surface area contributed by atoms with Crippen LogP contribution in [0, 0.1) is 12.8 Å². The van der Waals surface area contributed by atoms with Crippen LogP contribution in [-0.2, 0) is 0 Å². The Labute approximate surface area is 145 Å². The molecule has 1 aromatic heterocycles. The number of amides is 1. The summed E-state index contributed by atoms with van der Waals surface area (Å²) in [7, 11) is 0. The van der Waals surface area contributed by atoms with Crippen LogP contribution in [0.1, 0.15) is 29.0 Å². The molecule has 1 aliphatic carbocycles. The van der Waals surface area contributed by atoms with Gasteiger partial charge in [0.25, 0.3) is 5.91 Å². The first-order valence-electron chi connectivity index (χ1n) is 7.28. The highest BCUT2D eigenvalue weighted by Gasteiger charge is 2.29. The minimum atomic E-state index is -0.248. The van der Waals surface area contributed by atoms with E-state index in [9.17, 15) is 4.79 Å². The SMILES string of the molecule is Cc1c(C(=O)NCC(N)C2CC2)nnn1-c1cccc(Cl)c1.Cl. The number of halogens is 2. The van der Waals surface area contributed by atoms with Crippen LogP contribution < -0.4 is 11.1 Å². The molecule has 1 unspecified atom stereocenters. The fourth-order valence-electron chi connectivity index (χ4n) is 2.38. The minimum Gasteiger partial charge on any atom is -0.349 e. The summed E-state index contributed by atoms with van der Waals surface area (Å²) in [5, 5.41) is 11.5. The molecule has 23 heavy (non-hydrogen) atoms. The maximum Gasteiger partial charge on any atom is 0.273 e. The lowest BCUT2D eigenvalue weighted by Crippen LogP contribution is -2.38. The average Bonchev–Trinajstić information content (AvgIpc) is 3.27. The van der Waals surface area contributed by atoms with Crippen LogP contribution in [0.15, 0.2) is 24.3 Å². The van der Waals surface area contributed by atoms with E-state index in [1.165, 1.54) is 0 Å². The highest BCUT2D eigenvalue weighted by molar-refractivity contribution is 6.30. The third-order valence-electron chi connectivity index (χ3n) is 3.89. The van der Waals surface area contributed by atoms with Gasteiger partial charge < -0.3 is 11.1 Å². The molecule has 8 heteroatoms. The van der Waals surface area contributed by atoms with E-state index in [1.807, 2.05) is 12.1 Å². The van der Waals surface area contributed by atoms with Crippen molar-refractivity contribution in [2.24, 2.45) is 11.7 Å². The van der Waals surface area contributed by atoms with Crippen LogP contribution >= 0.6 is 24.0 Å². The number of nitrogens with two attached hydrogens (primary N) is 1. The van der Waals surface area contributed by atoms with Gasteiger partial charge in [0.2, 0.25) is 0 Å². The molecule has 124 valence electrons. The predicted molar refractivity (Wildman–Crippen MR) is 91.4 cm³/mol. The van der Waals surface area contributed by atoms with Crippen molar-refractivity contribution in [1.82, 2.24) is 20.3 Å². The Morgan fingerprint density at radius 3 is 2.91 bits per heavy atom. The fraction of sp³-hybridized carbons (Fsp3) is 0.400. The molecule has 1 atom stereocenters. The summed E-state index contributed by atoms with van der Waals surface area (Å²) >= 11 is 5.98. The third-order valence-corrected chi connectivity index (χ3v) is 4.12. The van der Waals surface area contributed by atoms with Crippen LogP contribution in [0.3, 0.4) is 0 Å². The van der Waals surface area contributed by atoms with Crippen LogP contribution in [0.5, 0.6) is 0 Å². The van der Waals surface area contributed by atoms with Crippen molar-refractivity contribution >= 4 is 29.9 Å². The number of rotatable bonds is 5. The first kappa shape index (κ1) is 17.7. The Balaban J connectivity index is 0.00000192. The van der Waals surface area contributed by atoms with E-state index in [4.69, 9.17) is 17.3 Å². The summed E-state index contributed by atoms with van der Waals surface area (Å²) in [6.45, 7) is 2.27. The number of benzene rings is 1. The number of hydrogen-bond acceptors (Lipinski definition) is 4. The largest absolute Gasteiger partial charge is 0.349 e. The molecule has 0 radical (unpaired) electrons. The Morgan fingerprint density at radius 1 is 1.52 bits per heavy atom. The van der Waals surface area contributed by atoms with Gasteiger partial charge in [0.1, 0.15) is 0 Å². The highest BCUT2D eigenvalue weighted by atomic mass is 35.5. The zero-order valence-electron chi connectivity index (χ0n) is 12.7. The lowest BCUT2D eigenvalue weighted by molar-refractivity contribution is 0.0944. The molecule has 0 saturated heterocycles. The van der Waals surface area contributed by atoms with Crippen LogP contribution in [0.2, 0.25) is 5.02 Å². The normalized spacial score (nSPS) is 14.9. The van der Waals surface area contributed by atoms with Gasteiger partial charge in [-0.15, -0.1) is 17.5 Å². The summed E-state index contributed by atoms with van der Waals surface area (Å²) in [5.74, 6) is 0.297. The molecule has 1 saturated carbocycles. The Hall–Kier alpha value is -1.63. The number of nitrogens with one attached hydrogen (secondary N) is 1. The van der Waals surface area contributed by atoms with E-state index in [0.29, 0.717) is 28.9 Å². The molecule has 1 amide bonds. The van der Waals surface area contributed by atoms with Gasteiger partial charge in [-0.2, -0.15) is 0 Å². The van der Waals surface area contributed by atoms with Gasteiger partial charge >= 0.3 is 0 Å². The van der Waals surface area contributed by atoms with E-state index < -0.39 is 0 Å². The molecule has 1 heterocycles. The lowest BCUT2D eigenvalue weighted by atomic mass is 10.2. The zero-order chi connectivity index (χ0) is 15.7. The standard InChI is InChI=1S/C15H18ClN5O.ClH/c1-9-14(15(22)18-8-13(17)10-5-6-10)19-20-21(9)12-4-2-3-11(16)7-12;/h2-4,7,10,13H,5-6,8,17H2,1H3,(H,18,22);1H. The molecule has 2 aromatic rings. The molecule has 3 rings (SSSR count). The summed E-state index contributed by atoms with van der Waals surface area (Å²) in [6.07, 6.45) is 2.31. The monoisotopic (exact) mass is 355 g/mol. The summed E-state index contributed by atoms with van der Waals surface area (Å²) in [6, 6.07) is 7.26. The summed E-state index contributed by atoms with van der Waals surface area (Å²) in [4.78, 5) is 12.2. The van der Waals surface area contributed by atoms with Crippen LogP contribution in [-0.4, -0.2) is 33.5 Å². The van der Waals surface area contributed by atoms with Crippen molar-refractivity contribution in [2.45, 2.75) is 25.8 Å². The number of aromatic nitrogens is 3. The van der Waals surface area contributed by atoms with E-state index in [1.54, 1.807) is 23.7 Å². The quantitative estimate of drug-likeness (QED) is 0.859. The van der Waals surface area contributed by atoms with Crippen molar-refractivity contribution in [3.63, 3.8) is 0 Å². The van der Waals surface area contributed by atoms with E-state index >= 15 is 0 Å². The van der Waals surface area contributed by atoms with Gasteiger partial charge in [-0.05, 0) is 43.9 Å². The van der Waals surface area contributed by atoms with Gasteiger partial charge in [-0.3, -0.25) is 4.79 Å². The van der Waals surface area contributed by atoms with Crippen LogP contribution in [0.25, 0.3) is 5.69 Å². The van der Waals surface area contributed by atoms with Gasteiger partial charge in [0, 0.05) is 17.6 Å². The number of carbonyl (C=O) groups is 1. The smallest absolute Gasteiger partial charge is 0.273 e. The van der Waals surface area contributed by atoms with Crippen molar-refractivity contribution < 1.29 is 4.79 Å².